The lowest BCUT2D eigenvalue weighted by molar-refractivity contribution is -0.146. The number of halogens is 1. The first-order valence-corrected chi connectivity index (χ1v) is 7.77. The van der Waals surface area contributed by atoms with Crippen LogP contribution in [0.1, 0.15) is 38.5 Å². The van der Waals surface area contributed by atoms with E-state index in [9.17, 15) is 9.59 Å². The Morgan fingerprint density at radius 1 is 1.10 bits per heavy atom. The lowest BCUT2D eigenvalue weighted by Gasteiger charge is -2.32. The highest BCUT2D eigenvalue weighted by Crippen LogP contribution is 2.37. The van der Waals surface area contributed by atoms with E-state index < -0.39 is 5.41 Å². The third-order valence-corrected chi connectivity index (χ3v) is 5.09. The molecule has 0 bridgehead atoms. The highest BCUT2D eigenvalue weighted by atomic mass is 35.5. The minimum Gasteiger partial charge on any atom is -0.343 e. The quantitative estimate of drug-likeness (QED) is 0.824. The van der Waals surface area contributed by atoms with Gasteiger partial charge in [0, 0.05) is 39.1 Å². The minimum absolute atomic E-state index is 0. The van der Waals surface area contributed by atoms with Gasteiger partial charge < -0.3 is 15.1 Å². The molecule has 3 rings (SSSR count). The molecule has 2 saturated carbocycles. The van der Waals surface area contributed by atoms with Crippen molar-refractivity contribution >= 4 is 24.2 Å². The zero-order valence-corrected chi connectivity index (χ0v) is 13.7. The molecule has 0 aromatic carbocycles. The first kappa shape index (κ1) is 16.6. The second kappa shape index (κ2) is 6.13. The van der Waals surface area contributed by atoms with Gasteiger partial charge in [0.25, 0.3) is 0 Å². The third kappa shape index (κ3) is 3.34. The van der Waals surface area contributed by atoms with Crippen LogP contribution < -0.4 is 5.32 Å². The summed E-state index contributed by atoms with van der Waals surface area (Å²) in [5.74, 6) is 0.302. The number of hydrogen-bond donors (Lipinski definition) is 1. The predicted molar refractivity (Wildman–Crippen MR) is 83.4 cm³/mol. The molecule has 120 valence electrons. The summed E-state index contributed by atoms with van der Waals surface area (Å²) >= 11 is 0. The number of hydrogen-bond acceptors (Lipinski definition) is 3. The van der Waals surface area contributed by atoms with Gasteiger partial charge >= 0.3 is 0 Å². The molecule has 0 radical (unpaired) electrons. The molecule has 21 heavy (non-hydrogen) atoms. The molecular weight excluding hydrogens is 290 g/mol. The van der Waals surface area contributed by atoms with E-state index in [1.807, 2.05) is 23.9 Å². The first-order chi connectivity index (χ1) is 9.53. The summed E-state index contributed by atoms with van der Waals surface area (Å²) in [6.45, 7) is 1.48. The van der Waals surface area contributed by atoms with Crippen LogP contribution in [0.15, 0.2) is 0 Å². The number of amides is 2. The van der Waals surface area contributed by atoms with Crippen molar-refractivity contribution in [2.45, 2.75) is 50.6 Å². The van der Waals surface area contributed by atoms with Crippen molar-refractivity contribution in [3.05, 3.63) is 0 Å². The Bertz CT molecular complexity index is 415. The number of carbonyl (C=O) groups excluding carboxylic acids is 2. The summed E-state index contributed by atoms with van der Waals surface area (Å²) in [6, 6.07) is 0.835. The van der Waals surface area contributed by atoms with E-state index in [4.69, 9.17) is 0 Å². The molecule has 1 heterocycles. The summed E-state index contributed by atoms with van der Waals surface area (Å²) in [4.78, 5) is 29.0. The van der Waals surface area contributed by atoms with Crippen molar-refractivity contribution in [2.75, 3.05) is 27.2 Å². The molecule has 0 spiro atoms. The van der Waals surface area contributed by atoms with E-state index >= 15 is 0 Å². The fraction of sp³-hybridized carbons (Fsp3) is 0.867. The van der Waals surface area contributed by atoms with Crippen LogP contribution in [-0.4, -0.2) is 60.9 Å². The molecule has 1 atom stereocenters. The fourth-order valence-corrected chi connectivity index (χ4v) is 3.23. The standard InChI is InChI=1S/C15H25N3O2.ClH/c1-17(11-3-4-11)13(19)9-15(7-8-16-10-15)14(20)18(2)12-5-6-12;/h11-12,16H,3-10H2,1-2H3;1H. The number of nitrogens with one attached hydrogen (secondary N) is 1. The van der Waals surface area contributed by atoms with Crippen LogP contribution in [0.3, 0.4) is 0 Å². The van der Waals surface area contributed by atoms with Crippen LogP contribution in [0.5, 0.6) is 0 Å². The maximum Gasteiger partial charge on any atom is 0.230 e. The summed E-state index contributed by atoms with van der Waals surface area (Å²) in [5.41, 5.74) is -0.502. The topological polar surface area (TPSA) is 52.7 Å². The van der Waals surface area contributed by atoms with E-state index in [1.165, 1.54) is 0 Å². The molecule has 1 saturated heterocycles. The Labute approximate surface area is 132 Å². The molecule has 1 N–H and O–H groups in total. The monoisotopic (exact) mass is 315 g/mol. The van der Waals surface area contributed by atoms with Gasteiger partial charge in [-0.05, 0) is 38.6 Å². The van der Waals surface area contributed by atoms with Gasteiger partial charge in [0.15, 0.2) is 0 Å². The summed E-state index contributed by atoms with van der Waals surface area (Å²) in [6.07, 6.45) is 5.60. The van der Waals surface area contributed by atoms with E-state index in [2.05, 4.69) is 5.32 Å². The molecule has 3 aliphatic rings. The van der Waals surface area contributed by atoms with E-state index in [-0.39, 0.29) is 24.2 Å². The highest BCUT2D eigenvalue weighted by molar-refractivity contribution is 5.90. The highest BCUT2D eigenvalue weighted by Gasteiger charge is 2.48. The fourth-order valence-electron chi connectivity index (χ4n) is 3.23. The van der Waals surface area contributed by atoms with Crippen LogP contribution in [0.4, 0.5) is 0 Å². The van der Waals surface area contributed by atoms with Crippen LogP contribution >= 0.6 is 12.4 Å². The van der Waals surface area contributed by atoms with Gasteiger partial charge in [-0.3, -0.25) is 9.59 Å². The zero-order chi connectivity index (χ0) is 14.3. The van der Waals surface area contributed by atoms with Crippen LogP contribution in [-0.2, 0) is 9.59 Å². The Kier molecular flexibility index (Phi) is 4.83. The van der Waals surface area contributed by atoms with Crippen LogP contribution in [0.2, 0.25) is 0 Å². The Hall–Kier alpha value is -0.810. The van der Waals surface area contributed by atoms with Crippen molar-refractivity contribution in [2.24, 2.45) is 5.41 Å². The third-order valence-electron chi connectivity index (χ3n) is 5.09. The maximum absolute atomic E-state index is 12.8. The van der Waals surface area contributed by atoms with Crippen molar-refractivity contribution in [3.63, 3.8) is 0 Å². The lowest BCUT2D eigenvalue weighted by Crippen LogP contribution is -2.47. The van der Waals surface area contributed by atoms with E-state index in [0.717, 1.165) is 38.6 Å². The summed E-state index contributed by atoms with van der Waals surface area (Å²) in [7, 11) is 3.78. The zero-order valence-electron chi connectivity index (χ0n) is 12.9. The number of carbonyl (C=O) groups is 2. The Morgan fingerprint density at radius 2 is 1.67 bits per heavy atom. The summed E-state index contributed by atoms with van der Waals surface area (Å²) in [5, 5.41) is 3.28. The van der Waals surface area contributed by atoms with Gasteiger partial charge in [0.05, 0.1) is 5.41 Å². The molecule has 1 aliphatic heterocycles. The Balaban J connectivity index is 0.00000161. The van der Waals surface area contributed by atoms with Gasteiger partial charge in [-0.15, -0.1) is 12.4 Å². The average Bonchev–Trinajstić information content (AvgIpc) is 3.34. The SMILES string of the molecule is CN(C(=O)CC1(C(=O)N(C)C2CC2)CCNC1)C1CC1.Cl. The van der Waals surface area contributed by atoms with Gasteiger partial charge in [0.1, 0.15) is 0 Å². The molecule has 0 aromatic heterocycles. The molecule has 6 heteroatoms. The number of nitrogens with zero attached hydrogens (tertiary/aromatic N) is 2. The number of rotatable bonds is 5. The molecular formula is C15H26ClN3O2. The maximum atomic E-state index is 12.8. The van der Waals surface area contributed by atoms with Gasteiger partial charge in [-0.2, -0.15) is 0 Å². The van der Waals surface area contributed by atoms with Gasteiger partial charge in [0.2, 0.25) is 11.8 Å². The average molecular weight is 316 g/mol. The van der Waals surface area contributed by atoms with Crippen LogP contribution in [0, 0.1) is 5.41 Å². The van der Waals surface area contributed by atoms with Gasteiger partial charge in [-0.25, -0.2) is 0 Å². The predicted octanol–water partition coefficient (Wildman–Crippen LogP) is 1.02. The molecule has 2 aliphatic carbocycles. The first-order valence-electron chi connectivity index (χ1n) is 7.77. The molecule has 0 aromatic rings. The normalized spacial score (nSPS) is 27.9. The van der Waals surface area contributed by atoms with E-state index in [0.29, 0.717) is 25.0 Å². The Morgan fingerprint density at radius 3 is 2.14 bits per heavy atom. The van der Waals surface area contributed by atoms with Crippen LogP contribution in [0.25, 0.3) is 0 Å². The lowest BCUT2D eigenvalue weighted by atomic mass is 9.81. The largest absolute Gasteiger partial charge is 0.343 e. The molecule has 5 nitrogen and oxygen atoms in total. The molecule has 3 fully saturated rings. The molecule has 2 amide bonds. The smallest absolute Gasteiger partial charge is 0.230 e. The second-order valence-electron chi connectivity index (χ2n) is 6.77. The van der Waals surface area contributed by atoms with Crippen molar-refractivity contribution in [1.82, 2.24) is 15.1 Å². The van der Waals surface area contributed by atoms with Crippen molar-refractivity contribution < 1.29 is 9.59 Å². The van der Waals surface area contributed by atoms with E-state index in [1.54, 1.807) is 0 Å². The minimum atomic E-state index is -0.502. The van der Waals surface area contributed by atoms with Crippen molar-refractivity contribution in [3.8, 4) is 0 Å². The van der Waals surface area contributed by atoms with Crippen molar-refractivity contribution in [1.29, 1.82) is 0 Å². The second-order valence-corrected chi connectivity index (χ2v) is 6.77. The summed E-state index contributed by atoms with van der Waals surface area (Å²) < 4.78 is 0. The van der Waals surface area contributed by atoms with Gasteiger partial charge in [-0.1, -0.05) is 0 Å². The molecule has 1 unspecified atom stereocenters.